The van der Waals surface area contributed by atoms with E-state index >= 15 is 0 Å². The molecule has 0 saturated heterocycles. The minimum absolute atomic E-state index is 0.214. The van der Waals surface area contributed by atoms with Gasteiger partial charge in [-0.1, -0.05) is 6.92 Å². The second kappa shape index (κ2) is 5.98. The molecule has 0 aromatic heterocycles. The smallest absolute Gasteiger partial charge is 0.223 e. The maximum absolute atomic E-state index is 11.3. The van der Waals surface area contributed by atoms with E-state index in [2.05, 4.69) is 17.6 Å². The van der Waals surface area contributed by atoms with Crippen molar-refractivity contribution in [2.24, 2.45) is 11.8 Å². The van der Waals surface area contributed by atoms with Gasteiger partial charge < -0.3 is 15.4 Å². The van der Waals surface area contributed by atoms with E-state index in [0.717, 1.165) is 19.5 Å². The molecule has 1 aliphatic carbocycles. The standard InChI is InChI=1S/C10H20N2O2/c1-8-7-9(8)10(13)12-4-3-11-5-6-14-2/h8-9,11H,3-7H2,1-2H3,(H,12,13). The van der Waals surface area contributed by atoms with Gasteiger partial charge in [0.2, 0.25) is 5.91 Å². The highest BCUT2D eigenvalue weighted by Crippen LogP contribution is 2.37. The van der Waals surface area contributed by atoms with Gasteiger partial charge in [0, 0.05) is 32.7 Å². The average molecular weight is 200 g/mol. The van der Waals surface area contributed by atoms with Crippen LogP contribution >= 0.6 is 0 Å². The molecule has 1 rings (SSSR count). The van der Waals surface area contributed by atoms with Gasteiger partial charge in [-0.3, -0.25) is 4.79 Å². The topological polar surface area (TPSA) is 50.4 Å². The molecule has 82 valence electrons. The van der Waals surface area contributed by atoms with Crippen LogP contribution in [0.5, 0.6) is 0 Å². The number of nitrogens with one attached hydrogen (secondary N) is 2. The van der Waals surface area contributed by atoms with Crippen LogP contribution in [0, 0.1) is 11.8 Å². The Balaban J connectivity index is 1.86. The summed E-state index contributed by atoms with van der Waals surface area (Å²) in [7, 11) is 1.68. The van der Waals surface area contributed by atoms with Crippen molar-refractivity contribution in [3.63, 3.8) is 0 Å². The zero-order valence-corrected chi connectivity index (χ0v) is 9.01. The fraction of sp³-hybridized carbons (Fsp3) is 0.900. The van der Waals surface area contributed by atoms with Crippen molar-refractivity contribution in [1.82, 2.24) is 10.6 Å². The molecule has 2 atom stereocenters. The predicted molar refractivity (Wildman–Crippen MR) is 55.0 cm³/mol. The van der Waals surface area contributed by atoms with Crippen molar-refractivity contribution in [2.45, 2.75) is 13.3 Å². The molecule has 4 nitrogen and oxygen atoms in total. The molecule has 2 N–H and O–H groups in total. The van der Waals surface area contributed by atoms with E-state index < -0.39 is 0 Å². The number of carbonyl (C=O) groups is 1. The molecule has 0 radical (unpaired) electrons. The van der Waals surface area contributed by atoms with Gasteiger partial charge in [0.25, 0.3) is 0 Å². The van der Waals surface area contributed by atoms with Gasteiger partial charge in [-0.25, -0.2) is 0 Å². The van der Waals surface area contributed by atoms with Crippen molar-refractivity contribution < 1.29 is 9.53 Å². The molecular weight excluding hydrogens is 180 g/mol. The first-order valence-corrected chi connectivity index (χ1v) is 5.23. The molecule has 4 heteroatoms. The first kappa shape index (κ1) is 11.5. The number of hydrogen-bond donors (Lipinski definition) is 2. The van der Waals surface area contributed by atoms with Crippen LogP contribution < -0.4 is 10.6 Å². The Bertz CT molecular complexity index is 185. The molecule has 0 aromatic carbocycles. The summed E-state index contributed by atoms with van der Waals surface area (Å²) in [5.74, 6) is 1.09. The number of hydrogen-bond acceptors (Lipinski definition) is 3. The van der Waals surface area contributed by atoms with Gasteiger partial charge in [0.1, 0.15) is 0 Å². The van der Waals surface area contributed by atoms with Crippen LogP contribution in [0.2, 0.25) is 0 Å². The summed E-state index contributed by atoms with van der Waals surface area (Å²) < 4.78 is 4.88. The molecule has 1 fully saturated rings. The first-order valence-electron chi connectivity index (χ1n) is 5.23. The number of rotatable bonds is 7. The van der Waals surface area contributed by atoms with Crippen molar-refractivity contribution in [2.75, 3.05) is 33.4 Å². The van der Waals surface area contributed by atoms with Gasteiger partial charge in [-0.15, -0.1) is 0 Å². The second-order valence-electron chi connectivity index (χ2n) is 3.85. The molecule has 1 amide bonds. The summed E-state index contributed by atoms with van der Waals surface area (Å²) in [5.41, 5.74) is 0. The highest BCUT2D eigenvalue weighted by Gasteiger charge is 2.38. The van der Waals surface area contributed by atoms with E-state index in [-0.39, 0.29) is 11.8 Å². The highest BCUT2D eigenvalue weighted by atomic mass is 16.5. The van der Waals surface area contributed by atoms with Gasteiger partial charge in [0.05, 0.1) is 6.61 Å². The summed E-state index contributed by atoms with van der Waals surface area (Å²) in [4.78, 5) is 11.3. The van der Waals surface area contributed by atoms with Crippen LogP contribution in [0.1, 0.15) is 13.3 Å². The number of ether oxygens (including phenoxy) is 1. The lowest BCUT2D eigenvalue weighted by atomic mass is 10.3. The summed E-state index contributed by atoms with van der Waals surface area (Å²) in [6, 6.07) is 0. The first-order chi connectivity index (χ1) is 6.75. The van der Waals surface area contributed by atoms with Crippen molar-refractivity contribution in [1.29, 1.82) is 0 Å². The largest absolute Gasteiger partial charge is 0.383 e. The predicted octanol–water partition coefficient (Wildman–Crippen LogP) is -0.00540. The van der Waals surface area contributed by atoms with Crippen LogP contribution in [0.3, 0.4) is 0 Å². The van der Waals surface area contributed by atoms with E-state index in [1.807, 2.05) is 0 Å². The van der Waals surface area contributed by atoms with E-state index in [9.17, 15) is 4.79 Å². The van der Waals surface area contributed by atoms with Gasteiger partial charge in [-0.2, -0.15) is 0 Å². The number of amides is 1. The highest BCUT2D eigenvalue weighted by molar-refractivity contribution is 5.81. The van der Waals surface area contributed by atoms with Crippen molar-refractivity contribution in [3.8, 4) is 0 Å². The Labute approximate surface area is 85.4 Å². The fourth-order valence-corrected chi connectivity index (χ4v) is 1.39. The molecule has 2 unspecified atom stereocenters. The monoisotopic (exact) mass is 200 g/mol. The SMILES string of the molecule is COCCNCCNC(=O)C1CC1C. The van der Waals surface area contributed by atoms with Crippen molar-refractivity contribution >= 4 is 5.91 Å². The number of methoxy groups -OCH3 is 1. The number of carbonyl (C=O) groups excluding carboxylic acids is 1. The lowest BCUT2D eigenvalue weighted by Gasteiger charge is -2.05. The molecular formula is C10H20N2O2. The van der Waals surface area contributed by atoms with E-state index in [0.29, 0.717) is 19.1 Å². The van der Waals surface area contributed by atoms with E-state index in [4.69, 9.17) is 4.74 Å². The van der Waals surface area contributed by atoms with E-state index in [1.54, 1.807) is 7.11 Å². The third-order valence-corrected chi connectivity index (χ3v) is 2.53. The lowest BCUT2D eigenvalue weighted by molar-refractivity contribution is -0.122. The molecule has 14 heavy (non-hydrogen) atoms. The Morgan fingerprint density at radius 2 is 2.14 bits per heavy atom. The average Bonchev–Trinajstić information content (AvgIpc) is 2.88. The Morgan fingerprint density at radius 1 is 1.43 bits per heavy atom. The Kier molecular flexibility index (Phi) is 4.90. The molecule has 0 aliphatic heterocycles. The normalized spacial score (nSPS) is 24.7. The Morgan fingerprint density at radius 3 is 2.71 bits per heavy atom. The van der Waals surface area contributed by atoms with E-state index in [1.165, 1.54) is 0 Å². The second-order valence-corrected chi connectivity index (χ2v) is 3.85. The third-order valence-electron chi connectivity index (χ3n) is 2.53. The molecule has 0 heterocycles. The summed E-state index contributed by atoms with van der Waals surface area (Å²) >= 11 is 0. The summed E-state index contributed by atoms with van der Waals surface area (Å²) in [6.45, 7) is 5.20. The van der Waals surface area contributed by atoms with Crippen LogP contribution in [-0.4, -0.2) is 39.3 Å². The third kappa shape index (κ3) is 4.07. The Hall–Kier alpha value is -0.610. The minimum Gasteiger partial charge on any atom is -0.383 e. The van der Waals surface area contributed by atoms with Crippen LogP contribution in [0.25, 0.3) is 0 Å². The maximum Gasteiger partial charge on any atom is 0.223 e. The fourth-order valence-electron chi connectivity index (χ4n) is 1.39. The molecule has 0 bridgehead atoms. The van der Waals surface area contributed by atoms with Crippen molar-refractivity contribution in [3.05, 3.63) is 0 Å². The zero-order chi connectivity index (χ0) is 10.4. The molecule has 1 saturated carbocycles. The quantitative estimate of drug-likeness (QED) is 0.569. The summed E-state index contributed by atoms with van der Waals surface area (Å²) in [6.07, 6.45) is 1.06. The van der Waals surface area contributed by atoms with Gasteiger partial charge in [-0.05, 0) is 12.3 Å². The van der Waals surface area contributed by atoms with Crippen LogP contribution in [-0.2, 0) is 9.53 Å². The van der Waals surface area contributed by atoms with Crippen LogP contribution in [0.15, 0.2) is 0 Å². The minimum atomic E-state index is 0.214. The van der Waals surface area contributed by atoms with Gasteiger partial charge >= 0.3 is 0 Å². The lowest BCUT2D eigenvalue weighted by Crippen LogP contribution is -2.34. The molecule has 0 aromatic rings. The molecule has 0 spiro atoms. The maximum atomic E-state index is 11.3. The summed E-state index contributed by atoms with van der Waals surface area (Å²) in [5, 5.41) is 6.08. The zero-order valence-electron chi connectivity index (χ0n) is 9.01. The van der Waals surface area contributed by atoms with Crippen LogP contribution in [0.4, 0.5) is 0 Å². The van der Waals surface area contributed by atoms with Gasteiger partial charge in [0.15, 0.2) is 0 Å². The molecule has 1 aliphatic rings.